The molecule has 198 valence electrons. The summed E-state index contributed by atoms with van der Waals surface area (Å²) in [6, 6.07) is 15.8. The van der Waals surface area contributed by atoms with Crippen LogP contribution in [0.2, 0.25) is 0 Å². The van der Waals surface area contributed by atoms with Crippen LogP contribution in [0.1, 0.15) is 24.7 Å². The Kier molecular flexibility index (Phi) is 6.73. The fraction of sp³-hybridized carbons (Fsp3) is 0.300. The number of hydrogen-bond acceptors (Lipinski definition) is 6. The minimum absolute atomic E-state index is 0.0965. The minimum Gasteiger partial charge on any atom is -0.494 e. The summed E-state index contributed by atoms with van der Waals surface area (Å²) in [6.07, 6.45) is 1.75. The monoisotopic (exact) mass is 525 g/mol. The molecule has 3 heterocycles. The lowest BCUT2D eigenvalue weighted by Crippen LogP contribution is -2.36. The predicted octanol–water partition coefficient (Wildman–Crippen LogP) is 5.01. The lowest BCUT2D eigenvalue weighted by atomic mass is 10.0. The zero-order valence-corrected chi connectivity index (χ0v) is 21.6. The molecule has 0 amide bonds. The van der Waals surface area contributed by atoms with E-state index in [1.54, 1.807) is 18.2 Å². The van der Waals surface area contributed by atoms with Gasteiger partial charge in [0.25, 0.3) is 5.56 Å². The van der Waals surface area contributed by atoms with Gasteiger partial charge in [-0.05, 0) is 66.9 Å². The van der Waals surface area contributed by atoms with Crippen LogP contribution in [0.25, 0.3) is 32.6 Å². The van der Waals surface area contributed by atoms with Crippen molar-refractivity contribution < 1.29 is 13.9 Å². The average Bonchev–Trinajstić information content (AvgIpc) is 3.52. The van der Waals surface area contributed by atoms with Crippen LogP contribution in [0.3, 0.4) is 0 Å². The van der Waals surface area contributed by atoms with E-state index >= 15 is 0 Å². The summed E-state index contributed by atoms with van der Waals surface area (Å²) in [5, 5.41) is 3.75. The van der Waals surface area contributed by atoms with Gasteiger partial charge in [-0.3, -0.25) is 9.36 Å². The van der Waals surface area contributed by atoms with Gasteiger partial charge in [0.15, 0.2) is 17.3 Å². The zero-order chi connectivity index (χ0) is 26.9. The summed E-state index contributed by atoms with van der Waals surface area (Å²) < 4.78 is 26.7. The number of nitrogens with zero attached hydrogens (tertiary/aromatic N) is 4. The Bertz CT molecular complexity index is 1630. The third kappa shape index (κ3) is 4.62. The van der Waals surface area contributed by atoms with E-state index < -0.39 is 5.82 Å². The first kappa shape index (κ1) is 25.0. The molecule has 1 aromatic heterocycles. The second-order valence-corrected chi connectivity index (χ2v) is 9.73. The number of morpholine rings is 1. The molecular weight excluding hydrogens is 497 g/mol. The number of fused-ring (bicyclic) bond motifs is 1. The highest BCUT2D eigenvalue weighted by atomic mass is 19.1. The van der Waals surface area contributed by atoms with Crippen LogP contribution in [0.5, 0.6) is 5.75 Å². The summed E-state index contributed by atoms with van der Waals surface area (Å²) in [4.78, 5) is 25.1. The summed E-state index contributed by atoms with van der Waals surface area (Å²) in [7, 11) is 1.40. The topological polar surface area (TPSA) is 73.0 Å². The van der Waals surface area contributed by atoms with Crippen molar-refractivity contribution in [2.45, 2.75) is 18.9 Å². The van der Waals surface area contributed by atoms with E-state index in [9.17, 15) is 9.18 Å². The molecule has 1 N–H and O–H groups in total. The number of halogens is 1. The summed E-state index contributed by atoms with van der Waals surface area (Å²) in [5.74, 6) is 0.0544. The second-order valence-electron chi connectivity index (χ2n) is 9.73. The molecule has 2 saturated heterocycles. The van der Waals surface area contributed by atoms with E-state index in [1.165, 1.54) is 23.8 Å². The van der Waals surface area contributed by atoms with Gasteiger partial charge in [0.1, 0.15) is 5.82 Å². The van der Waals surface area contributed by atoms with Gasteiger partial charge in [0.2, 0.25) is 0 Å². The van der Waals surface area contributed by atoms with Gasteiger partial charge in [0.05, 0.1) is 49.5 Å². The Hall–Kier alpha value is -4.26. The number of ether oxygens (including phenoxy) is 2. The van der Waals surface area contributed by atoms with Crippen molar-refractivity contribution in [3.63, 3.8) is 0 Å². The number of nitrogens with one attached hydrogen (secondary N) is 1. The maximum atomic E-state index is 14.7. The van der Waals surface area contributed by atoms with Crippen LogP contribution in [0, 0.1) is 12.4 Å². The van der Waals surface area contributed by atoms with Gasteiger partial charge in [-0.15, -0.1) is 0 Å². The number of anilines is 1. The molecular formula is C30H28FN5O3. The summed E-state index contributed by atoms with van der Waals surface area (Å²) in [6.45, 7) is 11.6. The molecule has 1 atom stereocenters. The van der Waals surface area contributed by atoms with E-state index in [0.717, 1.165) is 49.3 Å². The Balaban J connectivity index is 1.55. The van der Waals surface area contributed by atoms with Gasteiger partial charge in [-0.25, -0.2) is 14.2 Å². The predicted molar refractivity (Wildman–Crippen MR) is 149 cm³/mol. The van der Waals surface area contributed by atoms with E-state index in [2.05, 4.69) is 27.2 Å². The quantitative estimate of drug-likeness (QED) is 0.369. The SMILES string of the molecule is [C-]#[N+]c1cc(-c2ccc(N3CCOCC3)cc2)c2nc(C3CCCN3)n(-c3ccc(OC)c(F)c3)c(=O)c2c1. The van der Waals surface area contributed by atoms with Gasteiger partial charge < -0.3 is 19.7 Å². The average molecular weight is 526 g/mol. The highest BCUT2D eigenvalue weighted by molar-refractivity contribution is 5.96. The molecule has 0 bridgehead atoms. The molecule has 0 aliphatic carbocycles. The molecule has 8 nitrogen and oxygen atoms in total. The van der Waals surface area contributed by atoms with Crippen molar-refractivity contribution in [3.05, 3.63) is 88.0 Å². The highest BCUT2D eigenvalue weighted by Gasteiger charge is 2.26. The first-order chi connectivity index (χ1) is 19.1. The van der Waals surface area contributed by atoms with Crippen molar-refractivity contribution in [2.75, 3.05) is 44.9 Å². The van der Waals surface area contributed by atoms with E-state index in [4.69, 9.17) is 21.0 Å². The molecule has 2 aliphatic heterocycles. The Morgan fingerprint density at radius 1 is 1.10 bits per heavy atom. The Morgan fingerprint density at radius 3 is 2.54 bits per heavy atom. The molecule has 0 spiro atoms. The third-order valence-electron chi connectivity index (χ3n) is 7.43. The first-order valence-corrected chi connectivity index (χ1v) is 13.1. The van der Waals surface area contributed by atoms with E-state index in [1.807, 2.05) is 12.1 Å². The lowest BCUT2D eigenvalue weighted by molar-refractivity contribution is 0.122. The van der Waals surface area contributed by atoms with Crippen LogP contribution in [0.4, 0.5) is 15.8 Å². The Morgan fingerprint density at radius 2 is 1.87 bits per heavy atom. The summed E-state index contributed by atoms with van der Waals surface area (Å²) in [5.41, 5.74) is 3.57. The maximum absolute atomic E-state index is 14.7. The van der Waals surface area contributed by atoms with Crippen molar-refractivity contribution in [2.24, 2.45) is 0 Å². The van der Waals surface area contributed by atoms with Gasteiger partial charge >= 0.3 is 0 Å². The zero-order valence-electron chi connectivity index (χ0n) is 21.6. The number of benzene rings is 3. The van der Waals surface area contributed by atoms with Gasteiger partial charge in [-0.2, -0.15) is 0 Å². The van der Waals surface area contributed by atoms with Crippen LogP contribution in [-0.2, 0) is 4.74 Å². The molecule has 9 heteroatoms. The van der Waals surface area contributed by atoms with Gasteiger partial charge in [-0.1, -0.05) is 12.1 Å². The minimum atomic E-state index is -0.566. The van der Waals surface area contributed by atoms with Crippen molar-refractivity contribution >= 4 is 22.3 Å². The maximum Gasteiger partial charge on any atom is 0.264 e. The molecule has 3 aromatic carbocycles. The number of aromatic nitrogens is 2. The van der Waals surface area contributed by atoms with Crippen LogP contribution >= 0.6 is 0 Å². The summed E-state index contributed by atoms with van der Waals surface area (Å²) >= 11 is 0. The van der Waals surface area contributed by atoms with Gasteiger partial charge in [0, 0.05) is 24.8 Å². The normalized spacial score (nSPS) is 17.4. The molecule has 6 rings (SSSR count). The van der Waals surface area contributed by atoms with Crippen LogP contribution in [0.15, 0.2) is 59.4 Å². The lowest BCUT2D eigenvalue weighted by Gasteiger charge is -2.29. The van der Waals surface area contributed by atoms with E-state index in [-0.39, 0.29) is 17.4 Å². The molecule has 2 fully saturated rings. The first-order valence-electron chi connectivity index (χ1n) is 13.1. The number of hydrogen-bond donors (Lipinski definition) is 1. The fourth-order valence-corrected chi connectivity index (χ4v) is 5.43. The standard InChI is InChI=1S/C30H28FN5O3/c1-32-20-16-23(19-5-7-21(8-6-19)35-12-14-39-15-13-35)28-24(17-20)30(37)36(29(34-28)26-4-3-11-33-26)22-9-10-27(38-2)25(31)18-22/h5-10,16-18,26,33H,3-4,11-15H2,2H3. The van der Waals surface area contributed by atoms with Crippen LogP contribution < -0.4 is 20.5 Å². The molecule has 0 radical (unpaired) electrons. The second kappa shape index (κ2) is 10.5. The van der Waals surface area contributed by atoms with Crippen LogP contribution in [-0.4, -0.2) is 49.5 Å². The highest BCUT2D eigenvalue weighted by Crippen LogP contribution is 2.34. The fourth-order valence-electron chi connectivity index (χ4n) is 5.43. The molecule has 4 aromatic rings. The Labute approximate surface area is 225 Å². The molecule has 2 aliphatic rings. The number of methoxy groups -OCH3 is 1. The molecule has 1 unspecified atom stereocenters. The molecule has 39 heavy (non-hydrogen) atoms. The van der Waals surface area contributed by atoms with Crippen molar-refractivity contribution in [1.29, 1.82) is 0 Å². The smallest absolute Gasteiger partial charge is 0.264 e. The molecule has 0 saturated carbocycles. The largest absolute Gasteiger partial charge is 0.494 e. The van der Waals surface area contributed by atoms with E-state index in [0.29, 0.717) is 41.3 Å². The third-order valence-corrected chi connectivity index (χ3v) is 7.43. The van der Waals surface area contributed by atoms with Crippen molar-refractivity contribution in [1.82, 2.24) is 14.9 Å². The van der Waals surface area contributed by atoms with Crippen molar-refractivity contribution in [3.8, 4) is 22.6 Å². The number of rotatable bonds is 5.